The molecule has 0 N–H and O–H groups in total. The fraction of sp³-hybridized carbons (Fsp3) is 0.333. The van der Waals surface area contributed by atoms with Gasteiger partial charge in [0.05, 0.1) is 16.9 Å². The molecular weight excluding hydrogens is 322 g/mol. The van der Waals surface area contributed by atoms with E-state index in [9.17, 15) is 8.42 Å². The van der Waals surface area contributed by atoms with Gasteiger partial charge >= 0.3 is 0 Å². The lowest BCUT2D eigenvalue weighted by Crippen LogP contribution is -2.27. The van der Waals surface area contributed by atoms with Crippen LogP contribution in [0.3, 0.4) is 0 Å². The second-order valence-electron chi connectivity index (χ2n) is 6.69. The highest BCUT2D eigenvalue weighted by Crippen LogP contribution is 2.27. The van der Waals surface area contributed by atoms with E-state index in [4.69, 9.17) is 5.26 Å². The fourth-order valence-corrected chi connectivity index (χ4v) is 3.40. The minimum atomic E-state index is -3.77. The molecule has 6 heteroatoms. The highest BCUT2D eigenvalue weighted by atomic mass is 32.2. The Hall–Kier alpha value is -2.39. The first kappa shape index (κ1) is 18.0. The Kier molecular flexibility index (Phi) is 4.68. The van der Waals surface area contributed by atoms with Crippen LogP contribution in [0.15, 0.2) is 41.4 Å². The molecule has 0 saturated carbocycles. The second kappa shape index (κ2) is 6.25. The summed E-state index contributed by atoms with van der Waals surface area (Å²) in [6, 6.07) is 10.7. The molecule has 0 radical (unpaired) electrons. The zero-order valence-corrected chi connectivity index (χ0v) is 15.3. The zero-order chi connectivity index (χ0) is 18.1. The van der Waals surface area contributed by atoms with Crippen molar-refractivity contribution >= 4 is 15.7 Å². The highest BCUT2D eigenvalue weighted by Gasteiger charge is 2.23. The second-order valence-corrected chi connectivity index (χ2v) is 8.65. The molecule has 0 fully saturated rings. The molecule has 0 atom stereocenters. The van der Waals surface area contributed by atoms with Gasteiger partial charge in [-0.15, -0.1) is 0 Å². The van der Waals surface area contributed by atoms with Gasteiger partial charge in [-0.25, -0.2) is 8.42 Å². The van der Waals surface area contributed by atoms with Gasteiger partial charge in [-0.1, -0.05) is 32.9 Å². The van der Waals surface area contributed by atoms with Crippen molar-refractivity contribution in [1.29, 1.82) is 5.26 Å². The molecule has 0 saturated heterocycles. The smallest absolute Gasteiger partial charge is 0.265 e. The number of hydrogen-bond acceptors (Lipinski definition) is 4. The summed E-state index contributed by atoms with van der Waals surface area (Å²) >= 11 is 0. The van der Waals surface area contributed by atoms with Crippen molar-refractivity contribution in [2.24, 2.45) is 0 Å². The van der Waals surface area contributed by atoms with Crippen LogP contribution in [0.1, 0.15) is 37.6 Å². The molecule has 1 aromatic heterocycles. The van der Waals surface area contributed by atoms with Gasteiger partial charge in [0.1, 0.15) is 11.0 Å². The molecule has 1 heterocycles. The minimum absolute atomic E-state index is 0.00144. The lowest BCUT2D eigenvalue weighted by molar-refractivity contribution is 0.590. The molecule has 0 amide bonds. The summed E-state index contributed by atoms with van der Waals surface area (Å²) in [5, 5.41) is 9.07. The maximum atomic E-state index is 12.8. The van der Waals surface area contributed by atoms with E-state index in [1.807, 2.05) is 18.2 Å². The van der Waals surface area contributed by atoms with Crippen LogP contribution < -0.4 is 4.31 Å². The van der Waals surface area contributed by atoms with E-state index in [1.165, 1.54) is 23.6 Å². The molecule has 0 aliphatic carbocycles. The first-order chi connectivity index (χ1) is 11.1. The molecule has 126 valence electrons. The van der Waals surface area contributed by atoms with Crippen molar-refractivity contribution in [2.45, 2.75) is 38.0 Å². The van der Waals surface area contributed by atoms with Crippen LogP contribution in [0.4, 0.5) is 5.69 Å². The molecule has 2 rings (SSSR count). The molecule has 1 aromatic carbocycles. The Bertz CT molecular complexity index is 889. The molecule has 0 spiro atoms. The van der Waals surface area contributed by atoms with Gasteiger partial charge in [-0.05, 0) is 36.1 Å². The zero-order valence-electron chi connectivity index (χ0n) is 14.5. The Labute approximate surface area is 143 Å². The summed E-state index contributed by atoms with van der Waals surface area (Å²) in [6.45, 7) is 7.97. The van der Waals surface area contributed by atoms with Crippen LogP contribution in [0.5, 0.6) is 0 Å². The lowest BCUT2D eigenvalue weighted by Gasteiger charge is -2.22. The number of nitriles is 1. The van der Waals surface area contributed by atoms with Crippen molar-refractivity contribution < 1.29 is 8.42 Å². The van der Waals surface area contributed by atoms with Crippen LogP contribution in [0.25, 0.3) is 0 Å². The number of pyridine rings is 1. The molecule has 24 heavy (non-hydrogen) atoms. The van der Waals surface area contributed by atoms with Crippen molar-refractivity contribution in [2.75, 3.05) is 11.4 Å². The molecule has 0 bridgehead atoms. The van der Waals surface area contributed by atoms with Gasteiger partial charge < -0.3 is 0 Å². The standard InChI is InChI=1S/C18H21N3O2S/c1-13-14(11-19)10-17(12-20-13)24(22,23)21(5)16-8-6-15(7-9-16)18(2,3)4/h6-10,12H,1-5H3. The van der Waals surface area contributed by atoms with Crippen LogP contribution in [-0.4, -0.2) is 20.4 Å². The number of aromatic nitrogens is 1. The Morgan fingerprint density at radius 2 is 1.75 bits per heavy atom. The maximum absolute atomic E-state index is 12.8. The lowest BCUT2D eigenvalue weighted by atomic mass is 9.87. The fourth-order valence-electron chi connectivity index (χ4n) is 2.24. The van der Waals surface area contributed by atoms with E-state index in [-0.39, 0.29) is 15.9 Å². The predicted molar refractivity (Wildman–Crippen MR) is 94.4 cm³/mol. The van der Waals surface area contributed by atoms with Crippen LogP contribution in [0.2, 0.25) is 0 Å². The van der Waals surface area contributed by atoms with Crippen LogP contribution >= 0.6 is 0 Å². The average molecular weight is 343 g/mol. The third-order valence-corrected chi connectivity index (χ3v) is 5.69. The van der Waals surface area contributed by atoms with Crippen molar-refractivity contribution in [3.05, 3.63) is 53.3 Å². The number of sulfonamides is 1. The van der Waals surface area contributed by atoms with Gasteiger partial charge in [-0.3, -0.25) is 9.29 Å². The van der Waals surface area contributed by atoms with Gasteiger partial charge in [0.25, 0.3) is 10.0 Å². The Morgan fingerprint density at radius 1 is 1.17 bits per heavy atom. The number of anilines is 1. The summed E-state index contributed by atoms with van der Waals surface area (Å²) in [5.74, 6) is 0. The highest BCUT2D eigenvalue weighted by molar-refractivity contribution is 7.92. The van der Waals surface area contributed by atoms with Gasteiger partial charge in [0.15, 0.2) is 0 Å². The third-order valence-electron chi connectivity index (χ3n) is 3.94. The van der Waals surface area contributed by atoms with E-state index >= 15 is 0 Å². The summed E-state index contributed by atoms with van der Waals surface area (Å²) in [6.07, 6.45) is 1.28. The summed E-state index contributed by atoms with van der Waals surface area (Å²) in [5.41, 5.74) is 2.45. The number of hydrogen-bond donors (Lipinski definition) is 0. The van der Waals surface area contributed by atoms with Crippen molar-refractivity contribution in [1.82, 2.24) is 4.98 Å². The van der Waals surface area contributed by atoms with E-state index in [0.717, 1.165) is 5.56 Å². The number of nitrogens with zero attached hydrogens (tertiary/aromatic N) is 3. The molecule has 0 aliphatic rings. The van der Waals surface area contributed by atoms with E-state index in [0.29, 0.717) is 11.4 Å². The quantitative estimate of drug-likeness (QED) is 0.856. The SMILES string of the molecule is Cc1ncc(S(=O)(=O)N(C)c2ccc(C(C)(C)C)cc2)cc1C#N. The number of benzene rings is 1. The number of aryl methyl sites for hydroxylation is 1. The molecule has 5 nitrogen and oxygen atoms in total. The van der Waals surface area contributed by atoms with Crippen LogP contribution in [-0.2, 0) is 15.4 Å². The van der Waals surface area contributed by atoms with Crippen molar-refractivity contribution in [3.63, 3.8) is 0 Å². The van der Waals surface area contributed by atoms with Crippen LogP contribution in [0, 0.1) is 18.3 Å². The summed E-state index contributed by atoms with van der Waals surface area (Å²) in [4.78, 5) is 4.02. The van der Waals surface area contributed by atoms with E-state index in [2.05, 4.69) is 25.8 Å². The topological polar surface area (TPSA) is 74.1 Å². The van der Waals surface area contributed by atoms with Gasteiger partial charge in [0, 0.05) is 13.2 Å². The first-order valence-electron chi connectivity index (χ1n) is 7.53. The normalized spacial score (nSPS) is 11.8. The predicted octanol–water partition coefficient (Wildman–Crippen LogP) is 3.38. The van der Waals surface area contributed by atoms with Gasteiger partial charge in [-0.2, -0.15) is 5.26 Å². The largest absolute Gasteiger partial charge is 0.269 e. The Balaban J connectivity index is 2.41. The monoisotopic (exact) mass is 343 g/mol. The van der Waals surface area contributed by atoms with E-state index < -0.39 is 10.0 Å². The third kappa shape index (κ3) is 3.41. The van der Waals surface area contributed by atoms with Crippen molar-refractivity contribution in [3.8, 4) is 6.07 Å². The molecular formula is C18H21N3O2S. The average Bonchev–Trinajstić information content (AvgIpc) is 2.53. The Morgan fingerprint density at radius 3 is 2.25 bits per heavy atom. The maximum Gasteiger partial charge on any atom is 0.265 e. The molecule has 0 aliphatic heterocycles. The first-order valence-corrected chi connectivity index (χ1v) is 8.97. The molecule has 2 aromatic rings. The molecule has 0 unspecified atom stereocenters. The number of rotatable bonds is 3. The summed E-state index contributed by atoms with van der Waals surface area (Å²) < 4.78 is 26.7. The summed E-state index contributed by atoms with van der Waals surface area (Å²) in [7, 11) is -2.28. The minimum Gasteiger partial charge on any atom is -0.269 e. The van der Waals surface area contributed by atoms with Gasteiger partial charge in [0.2, 0.25) is 0 Å². The van der Waals surface area contributed by atoms with E-state index in [1.54, 1.807) is 19.1 Å².